The molecule has 0 aliphatic carbocycles. The molecule has 0 fully saturated rings. The van der Waals surface area contributed by atoms with Gasteiger partial charge in [0.05, 0.1) is 34.4 Å². The van der Waals surface area contributed by atoms with Crippen LogP contribution in [0, 0.1) is 0 Å². The van der Waals surface area contributed by atoms with Crippen LogP contribution in [0.4, 0.5) is 0 Å². The normalized spacial score (nSPS) is 13.5. The summed E-state index contributed by atoms with van der Waals surface area (Å²) in [5.74, 6) is -1.49. The summed E-state index contributed by atoms with van der Waals surface area (Å²) in [5.41, 5.74) is 0. The van der Waals surface area contributed by atoms with E-state index in [9.17, 15) is 19.5 Å². The van der Waals surface area contributed by atoms with Crippen molar-refractivity contribution in [2.45, 2.75) is 193 Å². The van der Waals surface area contributed by atoms with Crippen molar-refractivity contribution in [2.75, 3.05) is 41.0 Å². The number of quaternary nitrogens is 1. The van der Waals surface area contributed by atoms with E-state index in [1.54, 1.807) is 0 Å². The van der Waals surface area contributed by atoms with E-state index in [0.717, 1.165) is 83.5 Å². The summed E-state index contributed by atoms with van der Waals surface area (Å²) in [6.07, 6.45) is 48.3. The van der Waals surface area contributed by atoms with Crippen LogP contribution in [0.25, 0.3) is 0 Å². The second-order valence-electron chi connectivity index (χ2n) is 16.2. The van der Waals surface area contributed by atoms with Crippen molar-refractivity contribution in [3.8, 4) is 0 Å². The molecule has 0 radical (unpaired) electrons. The Labute approximate surface area is 349 Å². The van der Waals surface area contributed by atoms with Gasteiger partial charge >= 0.3 is 17.9 Å². The van der Waals surface area contributed by atoms with Gasteiger partial charge in [0.1, 0.15) is 6.61 Å². The van der Waals surface area contributed by atoms with E-state index in [1.807, 2.05) is 21.1 Å². The van der Waals surface area contributed by atoms with E-state index in [1.165, 1.54) is 64.2 Å². The molecule has 0 aromatic heterocycles. The first-order valence-corrected chi connectivity index (χ1v) is 22.8. The number of unbranched alkanes of at least 4 members (excludes halogenated alkanes) is 16. The third-order valence-corrected chi connectivity index (χ3v) is 9.91. The number of rotatable bonds is 40. The zero-order valence-electron chi connectivity index (χ0n) is 37.3. The molecule has 0 aliphatic heterocycles. The van der Waals surface area contributed by atoms with Gasteiger partial charge < -0.3 is 23.8 Å². The lowest BCUT2D eigenvalue weighted by Crippen LogP contribution is -2.50. The van der Waals surface area contributed by atoms with Gasteiger partial charge in [0.2, 0.25) is 0 Å². The molecule has 57 heavy (non-hydrogen) atoms. The van der Waals surface area contributed by atoms with Crippen LogP contribution in [-0.2, 0) is 28.6 Å². The Hall–Kier alpha value is -2.97. The number of hydrogen-bond donors (Lipinski definition) is 1. The van der Waals surface area contributed by atoms with Gasteiger partial charge in [0, 0.05) is 19.3 Å². The van der Waals surface area contributed by atoms with Crippen molar-refractivity contribution in [2.24, 2.45) is 0 Å². The fraction of sp³-hybridized carbons (Fsp3) is 0.735. The Bertz CT molecular complexity index is 1120. The van der Waals surface area contributed by atoms with Gasteiger partial charge in [-0.05, 0) is 70.6 Å². The molecule has 0 aromatic carbocycles. The minimum absolute atomic E-state index is 0.0544. The molecule has 2 unspecified atom stereocenters. The molecule has 0 amide bonds. The highest BCUT2D eigenvalue weighted by atomic mass is 16.6. The van der Waals surface area contributed by atoms with Crippen molar-refractivity contribution in [1.29, 1.82) is 0 Å². The van der Waals surface area contributed by atoms with Crippen LogP contribution in [0.1, 0.15) is 181 Å². The summed E-state index contributed by atoms with van der Waals surface area (Å²) in [7, 11) is 5.52. The molecule has 0 saturated carbocycles. The lowest BCUT2D eigenvalue weighted by atomic mass is 10.1. The number of carboxylic acid groups (broad SMARTS) is 1. The van der Waals surface area contributed by atoms with Crippen LogP contribution in [0.3, 0.4) is 0 Å². The summed E-state index contributed by atoms with van der Waals surface area (Å²) in [6.45, 7) is 4.51. The topological polar surface area (TPSA) is 99.1 Å². The number of ether oxygens (including phenoxy) is 3. The maximum Gasteiger partial charge on any atom is 0.362 e. The van der Waals surface area contributed by atoms with Crippen LogP contribution in [0.5, 0.6) is 0 Å². The Morgan fingerprint density at radius 3 is 1.37 bits per heavy atom. The third kappa shape index (κ3) is 38.3. The average molecular weight is 801 g/mol. The number of hydrogen-bond acceptors (Lipinski definition) is 6. The lowest BCUT2D eigenvalue weighted by molar-refractivity contribution is -0.887. The molecule has 8 heteroatoms. The maximum atomic E-state index is 12.7. The van der Waals surface area contributed by atoms with Crippen molar-refractivity contribution in [3.05, 3.63) is 60.8 Å². The number of carbonyl (C=O) groups excluding carboxylic acids is 2. The van der Waals surface area contributed by atoms with Gasteiger partial charge in [-0.15, -0.1) is 0 Å². The van der Waals surface area contributed by atoms with Gasteiger partial charge in [-0.25, -0.2) is 4.79 Å². The highest BCUT2D eigenvalue weighted by Crippen LogP contribution is 2.14. The fourth-order valence-electron chi connectivity index (χ4n) is 6.44. The van der Waals surface area contributed by atoms with E-state index < -0.39 is 18.1 Å². The Balaban J connectivity index is 4.31. The smallest absolute Gasteiger partial charge is 0.362 e. The lowest BCUT2D eigenvalue weighted by Gasteiger charge is -2.31. The van der Waals surface area contributed by atoms with E-state index in [0.29, 0.717) is 19.3 Å². The number of aliphatic carboxylic acids is 1. The van der Waals surface area contributed by atoms with Gasteiger partial charge in [-0.2, -0.15) is 0 Å². The summed E-state index contributed by atoms with van der Waals surface area (Å²) in [4.78, 5) is 37.0. The number of esters is 2. The molecule has 328 valence electrons. The molecular weight excluding hydrogens is 715 g/mol. The Morgan fingerprint density at radius 2 is 0.930 bits per heavy atom. The average Bonchev–Trinajstić information content (AvgIpc) is 3.17. The molecule has 0 spiro atoms. The summed E-state index contributed by atoms with van der Waals surface area (Å²) in [6, 6.07) is -0.618. The predicted molar refractivity (Wildman–Crippen MR) is 238 cm³/mol. The second-order valence-corrected chi connectivity index (χ2v) is 16.2. The number of carbonyl (C=O) groups is 3. The summed E-state index contributed by atoms with van der Waals surface area (Å²) < 4.78 is 17.3. The van der Waals surface area contributed by atoms with Crippen LogP contribution in [-0.4, -0.2) is 80.6 Å². The second kappa shape index (κ2) is 39.8. The van der Waals surface area contributed by atoms with Crippen LogP contribution in [0.2, 0.25) is 0 Å². The molecule has 0 saturated heterocycles. The van der Waals surface area contributed by atoms with E-state index >= 15 is 0 Å². The van der Waals surface area contributed by atoms with Gasteiger partial charge in [0.15, 0.2) is 12.1 Å². The molecule has 0 rings (SSSR count). The predicted octanol–water partition coefficient (Wildman–Crippen LogP) is 12.6. The zero-order chi connectivity index (χ0) is 42.1. The third-order valence-electron chi connectivity index (χ3n) is 9.91. The molecular formula is C49H86NO7+. The number of likely N-dealkylation sites (N-methyl/N-ethyl adjacent to an activating group) is 1. The van der Waals surface area contributed by atoms with Crippen molar-refractivity contribution >= 4 is 17.9 Å². The van der Waals surface area contributed by atoms with Crippen LogP contribution >= 0.6 is 0 Å². The minimum Gasteiger partial charge on any atom is -0.477 e. The van der Waals surface area contributed by atoms with Gasteiger partial charge in [-0.3, -0.25) is 9.59 Å². The van der Waals surface area contributed by atoms with Crippen LogP contribution in [0.15, 0.2) is 60.8 Å². The highest BCUT2D eigenvalue weighted by Gasteiger charge is 2.31. The van der Waals surface area contributed by atoms with E-state index in [2.05, 4.69) is 74.6 Å². The zero-order valence-corrected chi connectivity index (χ0v) is 37.3. The quantitative estimate of drug-likeness (QED) is 0.0285. The first kappa shape index (κ1) is 54.0. The maximum absolute atomic E-state index is 12.7. The molecule has 0 aromatic rings. The van der Waals surface area contributed by atoms with Crippen molar-refractivity contribution in [1.82, 2.24) is 0 Å². The Morgan fingerprint density at radius 1 is 0.526 bits per heavy atom. The largest absolute Gasteiger partial charge is 0.477 e. The van der Waals surface area contributed by atoms with Gasteiger partial charge in [-0.1, -0.05) is 152 Å². The standard InChI is InChI=1S/C49H85NO7/c1-6-8-10-12-14-16-18-20-22-23-24-25-26-28-29-31-33-35-37-39-47(51)56-44-45(43-55-42-41-46(49(53)54)50(3,4)5)57-48(52)40-38-36-34-32-30-27-21-19-17-15-13-11-9-7-2/h8-11,14-17,20,22,45-46H,6-7,12-13,18-19,21,23-44H2,1-5H3/p+1/b10-8+,11-9+,16-14+,17-15+,22-20+. The molecule has 0 aliphatic rings. The van der Waals surface area contributed by atoms with E-state index in [4.69, 9.17) is 14.2 Å². The van der Waals surface area contributed by atoms with Gasteiger partial charge in [0.25, 0.3) is 0 Å². The number of nitrogens with zero attached hydrogens (tertiary/aromatic N) is 1. The molecule has 0 bridgehead atoms. The minimum atomic E-state index is -0.879. The highest BCUT2D eigenvalue weighted by molar-refractivity contribution is 5.72. The SMILES string of the molecule is CC/C=C/C/C=C/C/C=C/CCCCCCCCCCCC(=O)OCC(COCCC(C(=O)O)[N+](C)(C)C)OC(=O)CCCCCCCCC/C=C/C/C=C/CC. The first-order valence-electron chi connectivity index (χ1n) is 22.8. The monoisotopic (exact) mass is 801 g/mol. The molecule has 0 heterocycles. The first-order chi connectivity index (χ1) is 27.6. The molecule has 8 nitrogen and oxygen atoms in total. The summed E-state index contributed by atoms with van der Waals surface area (Å²) >= 11 is 0. The van der Waals surface area contributed by atoms with Crippen LogP contribution < -0.4 is 0 Å². The fourth-order valence-corrected chi connectivity index (χ4v) is 6.44. The number of allylic oxidation sites excluding steroid dienone is 10. The summed E-state index contributed by atoms with van der Waals surface area (Å²) in [5, 5.41) is 9.62. The molecule has 1 N–H and O–H groups in total. The van der Waals surface area contributed by atoms with E-state index in [-0.39, 0.29) is 36.2 Å². The van der Waals surface area contributed by atoms with Crippen molar-refractivity contribution < 1.29 is 38.2 Å². The molecule has 2 atom stereocenters. The Kier molecular flexibility index (Phi) is 37.8. The van der Waals surface area contributed by atoms with Crippen molar-refractivity contribution in [3.63, 3.8) is 0 Å². The number of carboxylic acids is 1.